The highest BCUT2D eigenvalue weighted by Crippen LogP contribution is 2.25. The summed E-state index contributed by atoms with van der Waals surface area (Å²) in [5.41, 5.74) is 0.511. The Morgan fingerprint density at radius 2 is 1.95 bits per heavy atom. The van der Waals surface area contributed by atoms with Crippen LogP contribution in [0.5, 0.6) is 0 Å². The van der Waals surface area contributed by atoms with Crippen LogP contribution >= 0.6 is 0 Å². The molecule has 2 aromatic carbocycles. The summed E-state index contributed by atoms with van der Waals surface area (Å²) in [6.45, 7) is 0. The Morgan fingerprint density at radius 1 is 1.26 bits per heavy atom. The van der Waals surface area contributed by atoms with E-state index in [2.05, 4.69) is 0 Å². The molecule has 1 atom stereocenters. The minimum Gasteiger partial charge on any atom is -0.275 e. The third-order valence-corrected chi connectivity index (χ3v) is 3.11. The van der Waals surface area contributed by atoms with Gasteiger partial charge < -0.3 is 0 Å². The number of carbonyl (C=O) groups is 1. The maximum absolute atomic E-state index is 14.1. The smallest absolute Gasteiger partial charge is 0.249 e. The molecule has 0 unspecified atom stereocenters. The molecule has 0 spiro atoms. The van der Waals surface area contributed by atoms with Gasteiger partial charge in [0.05, 0.1) is 13.5 Å². The first-order valence-electron chi connectivity index (χ1n) is 6.05. The van der Waals surface area contributed by atoms with Gasteiger partial charge in [-0.2, -0.15) is 0 Å². The van der Waals surface area contributed by atoms with Gasteiger partial charge >= 0.3 is 0 Å². The van der Waals surface area contributed by atoms with Crippen LogP contribution in [0.1, 0.15) is 18.2 Å². The molecule has 3 nitrogen and oxygen atoms in total. The Kier molecular flexibility index (Phi) is 4.12. The molecule has 0 aliphatic heterocycles. The summed E-state index contributed by atoms with van der Waals surface area (Å²) in [7, 11) is 2.84. The van der Waals surface area contributed by atoms with Gasteiger partial charge in [0.25, 0.3) is 0 Å². The maximum Gasteiger partial charge on any atom is 0.249 e. The highest BCUT2D eigenvalue weighted by Gasteiger charge is 2.18. The van der Waals surface area contributed by atoms with E-state index in [1.807, 2.05) is 30.3 Å². The van der Waals surface area contributed by atoms with E-state index in [0.717, 1.165) is 15.8 Å². The Hall–Kier alpha value is -1.94. The molecule has 0 bridgehead atoms. The van der Waals surface area contributed by atoms with Crippen molar-refractivity contribution >= 4 is 16.7 Å². The fourth-order valence-corrected chi connectivity index (χ4v) is 1.90. The molecule has 100 valence electrons. The van der Waals surface area contributed by atoms with Gasteiger partial charge in [-0.3, -0.25) is 9.63 Å². The molecule has 0 aliphatic carbocycles. The lowest BCUT2D eigenvalue weighted by molar-refractivity contribution is -0.169. The largest absolute Gasteiger partial charge is 0.275 e. The molecule has 2 rings (SSSR count). The van der Waals surface area contributed by atoms with Crippen molar-refractivity contribution in [2.75, 3.05) is 14.2 Å². The predicted octanol–water partition coefficient (Wildman–Crippen LogP) is 3.26. The first-order valence-corrected chi connectivity index (χ1v) is 6.05. The fourth-order valence-electron chi connectivity index (χ4n) is 1.90. The first kappa shape index (κ1) is 13.5. The summed E-state index contributed by atoms with van der Waals surface area (Å²) < 4.78 is 14.1. The molecule has 0 fully saturated rings. The number of nitrogens with zero attached hydrogens (tertiary/aromatic N) is 1. The number of halogens is 1. The van der Waals surface area contributed by atoms with E-state index in [1.165, 1.54) is 14.2 Å². The first-order chi connectivity index (χ1) is 9.11. The minimum absolute atomic E-state index is 0.220. The number of rotatable bonds is 4. The van der Waals surface area contributed by atoms with Crippen molar-refractivity contribution in [3.8, 4) is 0 Å². The number of hydrogen-bond acceptors (Lipinski definition) is 2. The van der Waals surface area contributed by atoms with Gasteiger partial charge in [-0.1, -0.05) is 36.4 Å². The maximum atomic E-state index is 14.1. The molecule has 0 heterocycles. The second kappa shape index (κ2) is 5.80. The van der Waals surface area contributed by atoms with Crippen molar-refractivity contribution in [1.29, 1.82) is 0 Å². The summed E-state index contributed by atoms with van der Waals surface area (Å²) in [6, 6.07) is 13.1. The van der Waals surface area contributed by atoms with Gasteiger partial charge in [-0.05, 0) is 22.4 Å². The number of carbonyl (C=O) groups excluding carboxylic acids is 1. The lowest BCUT2D eigenvalue weighted by Gasteiger charge is -2.15. The third kappa shape index (κ3) is 3.09. The van der Waals surface area contributed by atoms with Gasteiger partial charge in [0, 0.05) is 7.05 Å². The summed E-state index contributed by atoms with van der Waals surface area (Å²) in [5, 5.41) is 3.06. The van der Waals surface area contributed by atoms with Crippen LogP contribution in [0.15, 0.2) is 42.5 Å². The third-order valence-electron chi connectivity index (χ3n) is 3.11. The number of alkyl halides is 1. The van der Waals surface area contributed by atoms with Gasteiger partial charge in [0.2, 0.25) is 5.91 Å². The molecule has 0 saturated heterocycles. The number of amides is 1. The Bertz CT molecular complexity index is 585. The Balaban J connectivity index is 2.17. The van der Waals surface area contributed by atoms with E-state index in [0.29, 0.717) is 5.56 Å². The zero-order chi connectivity index (χ0) is 13.8. The number of fused-ring (bicyclic) bond motifs is 1. The van der Waals surface area contributed by atoms with Crippen LogP contribution in [0.2, 0.25) is 0 Å². The normalized spacial score (nSPS) is 12.4. The summed E-state index contributed by atoms with van der Waals surface area (Å²) in [5.74, 6) is -0.386. The van der Waals surface area contributed by atoms with Crippen LogP contribution in [-0.2, 0) is 9.63 Å². The van der Waals surface area contributed by atoms with Crippen molar-refractivity contribution in [3.63, 3.8) is 0 Å². The summed E-state index contributed by atoms with van der Waals surface area (Å²) >= 11 is 0. The molecular formula is C15H16FNO2. The van der Waals surface area contributed by atoms with Crippen LogP contribution < -0.4 is 0 Å². The zero-order valence-electron chi connectivity index (χ0n) is 11.0. The molecule has 4 heteroatoms. The predicted molar refractivity (Wildman–Crippen MR) is 72.2 cm³/mol. The number of benzene rings is 2. The van der Waals surface area contributed by atoms with Gasteiger partial charge in [0.1, 0.15) is 6.17 Å². The molecule has 0 N–H and O–H groups in total. The highest BCUT2D eigenvalue weighted by atomic mass is 19.1. The van der Waals surface area contributed by atoms with Crippen molar-refractivity contribution in [1.82, 2.24) is 5.06 Å². The topological polar surface area (TPSA) is 29.5 Å². The summed E-state index contributed by atoms with van der Waals surface area (Å²) in [4.78, 5) is 16.3. The lowest BCUT2D eigenvalue weighted by atomic mass is 10.0. The van der Waals surface area contributed by atoms with Crippen LogP contribution in [0.3, 0.4) is 0 Å². The Morgan fingerprint density at radius 3 is 2.63 bits per heavy atom. The quantitative estimate of drug-likeness (QED) is 0.791. The Labute approximate surface area is 111 Å². The van der Waals surface area contributed by atoms with Gasteiger partial charge in [0.15, 0.2) is 0 Å². The van der Waals surface area contributed by atoms with E-state index in [9.17, 15) is 9.18 Å². The van der Waals surface area contributed by atoms with Crippen LogP contribution in [-0.4, -0.2) is 25.1 Å². The van der Waals surface area contributed by atoms with E-state index >= 15 is 0 Å². The van der Waals surface area contributed by atoms with Crippen LogP contribution in [0, 0.1) is 0 Å². The van der Waals surface area contributed by atoms with E-state index in [4.69, 9.17) is 4.84 Å². The van der Waals surface area contributed by atoms with Crippen LogP contribution in [0.25, 0.3) is 10.8 Å². The molecule has 0 aliphatic rings. The van der Waals surface area contributed by atoms with Crippen molar-refractivity contribution in [2.24, 2.45) is 0 Å². The molecule has 1 amide bonds. The van der Waals surface area contributed by atoms with Crippen LogP contribution in [0.4, 0.5) is 4.39 Å². The summed E-state index contributed by atoms with van der Waals surface area (Å²) in [6.07, 6.45) is -1.54. The second-order valence-electron chi connectivity index (χ2n) is 4.35. The van der Waals surface area contributed by atoms with Crippen molar-refractivity contribution < 1.29 is 14.0 Å². The molecule has 0 radical (unpaired) electrons. The highest BCUT2D eigenvalue weighted by molar-refractivity contribution is 5.83. The molecular weight excluding hydrogens is 245 g/mol. The average Bonchev–Trinajstić information content (AvgIpc) is 2.45. The minimum atomic E-state index is -1.32. The number of hydroxylamine groups is 2. The molecule has 19 heavy (non-hydrogen) atoms. The molecule has 2 aromatic rings. The van der Waals surface area contributed by atoms with E-state index in [1.54, 1.807) is 12.1 Å². The monoisotopic (exact) mass is 261 g/mol. The standard InChI is InChI=1S/C15H16FNO2/c1-17(19-2)15(18)10-14(16)13-8-7-11-5-3-4-6-12(11)9-13/h3-9,14H,10H2,1-2H3/t14-/m0/s1. The van der Waals surface area contributed by atoms with E-state index < -0.39 is 6.17 Å². The van der Waals surface area contributed by atoms with Crippen molar-refractivity contribution in [2.45, 2.75) is 12.6 Å². The zero-order valence-corrected chi connectivity index (χ0v) is 11.0. The van der Waals surface area contributed by atoms with Gasteiger partial charge in [-0.25, -0.2) is 9.45 Å². The average molecular weight is 261 g/mol. The molecule has 0 saturated carbocycles. The SMILES string of the molecule is CON(C)C(=O)C[C@H](F)c1ccc2ccccc2c1. The van der Waals surface area contributed by atoms with Gasteiger partial charge in [-0.15, -0.1) is 0 Å². The fraction of sp³-hybridized carbons (Fsp3) is 0.267. The van der Waals surface area contributed by atoms with Crippen molar-refractivity contribution in [3.05, 3.63) is 48.0 Å². The molecule has 0 aromatic heterocycles. The lowest BCUT2D eigenvalue weighted by Crippen LogP contribution is -2.26. The number of hydrogen-bond donors (Lipinski definition) is 0. The van der Waals surface area contributed by atoms with E-state index in [-0.39, 0.29) is 12.3 Å². The second-order valence-corrected chi connectivity index (χ2v) is 4.35.